The third-order valence-electron chi connectivity index (χ3n) is 3.65. The number of carbonyl (C=O) groups excluding carboxylic acids is 2. The number of benzene rings is 2. The highest BCUT2D eigenvalue weighted by atomic mass is 16.5. The van der Waals surface area contributed by atoms with Crippen molar-refractivity contribution in [2.45, 2.75) is 0 Å². The molecule has 0 spiro atoms. The van der Waals surface area contributed by atoms with Gasteiger partial charge in [-0.2, -0.15) is 0 Å². The standard InChI is InChI=1S/C19H20O7/c1-22-14-7-5-12(6-8-14)15(20)11-26-19(21)13-9-16(23-2)18(25-4)17(10-13)24-3/h5-10H,11H2,1-4H3. The van der Waals surface area contributed by atoms with Gasteiger partial charge in [-0.05, 0) is 36.4 Å². The highest BCUT2D eigenvalue weighted by Gasteiger charge is 2.19. The van der Waals surface area contributed by atoms with Crippen LogP contribution in [0.15, 0.2) is 36.4 Å². The molecule has 0 aliphatic heterocycles. The number of carbonyl (C=O) groups is 2. The van der Waals surface area contributed by atoms with E-state index in [1.807, 2.05) is 0 Å². The van der Waals surface area contributed by atoms with Crippen molar-refractivity contribution in [1.82, 2.24) is 0 Å². The van der Waals surface area contributed by atoms with Crippen LogP contribution < -0.4 is 18.9 Å². The average Bonchev–Trinajstić information content (AvgIpc) is 2.70. The quantitative estimate of drug-likeness (QED) is 0.529. The highest BCUT2D eigenvalue weighted by molar-refractivity contribution is 5.99. The van der Waals surface area contributed by atoms with E-state index in [4.69, 9.17) is 23.7 Å². The monoisotopic (exact) mass is 360 g/mol. The Balaban J connectivity index is 2.10. The molecule has 0 bridgehead atoms. The molecule has 138 valence electrons. The van der Waals surface area contributed by atoms with Crippen LogP contribution in [-0.2, 0) is 4.74 Å². The van der Waals surface area contributed by atoms with Crippen LogP contribution in [-0.4, -0.2) is 46.8 Å². The molecule has 2 aromatic rings. The molecule has 0 heterocycles. The van der Waals surface area contributed by atoms with Crippen molar-refractivity contribution in [2.24, 2.45) is 0 Å². The largest absolute Gasteiger partial charge is 0.497 e. The molecule has 2 rings (SSSR count). The summed E-state index contributed by atoms with van der Waals surface area (Å²) in [5.41, 5.74) is 0.602. The van der Waals surface area contributed by atoms with Crippen LogP contribution in [0.3, 0.4) is 0 Å². The Bertz CT molecular complexity index is 756. The summed E-state index contributed by atoms with van der Waals surface area (Å²) < 4.78 is 25.7. The second-order valence-corrected chi connectivity index (χ2v) is 5.14. The van der Waals surface area contributed by atoms with Crippen LogP contribution in [0.2, 0.25) is 0 Å². The summed E-state index contributed by atoms with van der Waals surface area (Å²) in [7, 11) is 5.89. The fourth-order valence-electron chi connectivity index (χ4n) is 2.27. The number of hydrogen-bond donors (Lipinski definition) is 0. The Morgan fingerprint density at radius 3 is 1.81 bits per heavy atom. The maximum Gasteiger partial charge on any atom is 0.338 e. The van der Waals surface area contributed by atoms with Crippen molar-refractivity contribution in [3.63, 3.8) is 0 Å². The van der Waals surface area contributed by atoms with E-state index in [9.17, 15) is 9.59 Å². The van der Waals surface area contributed by atoms with E-state index in [2.05, 4.69) is 0 Å². The normalized spacial score (nSPS) is 10.0. The number of Topliss-reactive ketones (excluding diaryl/α,β-unsaturated/α-hetero) is 1. The molecule has 0 fully saturated rings. The van der Waals surface area contributed by atoms with Gasteiger partial charge in [0.25, 0.3) is 0 Å². The Morgan fingerprint density at radius 1 is 0.769 bits per heavy atom. The lowest BCUT2D eigenvalue weighted by Crippen LogP contribution is -2.14. The van der Waals surface area contributed by atoms with Crippen molar-refractivity contribution >= 4 is 11.8 Å². The first-order chi connectivity index (χ1) is 12.5. The highest BCUT2D eigenvalue weighted by Crippen LogP contribution is 2.38. The summed E-state index contributed by atoms with van der Waals surface area (Å²) in [4.78, 5) is 24.4. The maximum absolute atomic E-state index is 12.3. The van der Waals surface area contributed by atoms with Gasteiger partial charge < -0.3 is 23.7 Å². The van der Waals surface area contributed by atoms with E-state index in [1.54, 1.807) is 24.3 Å². The molecule has 0 unspecified atom stereocenters. The fraction of sp³-hybridized carbons (Fsp3) is 0.263. The number of rotatable bonds is 8. The summed E-state index contributed by atoms with van der Waals surface area (Å²) in [6.07, 6.45) is 0. The maximum atomic E-state index is 12.3. The molecule has 0 aromatic heterocycles. The van der Waals surface area contributed by atoms with Crippen molar-refractivity contribution in [2.75, 3.05) is 35.0 Å². The molecule has 0 N–H and O–H groups in total. The molecule has 0 saturated heterocycles. The molecule has 26 heavy (non-hydrogen) atoms. The second kappa shape index (κ2) is 8.75. The first-order valence-corrected chi connectivity index (χ1v) is 7.68. The zero-order valence-corrected chi connectivity index (χ0v) is 15.0. The Kier molecular flexibility index (Phi) is 6.43. The lowest BCUT2D eigenvalue weighted by atomic mass is 10.1. The Morgan fingerprint density at radius 2 is 1.35 bits per heavy atom. The molecule has 0 atom stereocenters. The minimum Gasteiger partial charge on any atom is -0.497 e. The molecule has 0 aliphatic rings. The summed E-state index contributed by atoms with van der Waals surface area (Å²) >= 11 is 0. The zero-order chi connectivity index (χ0) is 19.1. The zero-order valence-electron chi connectivity index (χ0n) is 15.0. The number of ketones is 1. The summed E-state index contributed by atoms with van der Waals surface area (Å²) in [6.45, 7) is -0.387. The Labute approximate surface area is 151 Å². The minimum atomic E-state index is -0.675. The van der Waals surface area contributed by atoms with Crippen LogP contribution in [0, 0.1) is 0 Å². The van der Waals surface area contributed by atoms with E-state index in [-0.39, 0.29) is 18.0 Å². The van der Waals surface area contributed by atoms with Gasteiger partial charge in [-0.3, -0.25) is 4.79 Å². The van der Waals surface area contributed by atoms with E-state index in [0.717, 1.165) is 0 Å². The van der Waals surface area contributed by atoms with E-state index in [0.29, 0.717) is 28.6 Å². The lowest BCUT2D eigenvalue weighted by molar-refractivity contribution is 0.0474. The third-order valence-corrected chi connectivity index (χ3v) is 3.65. The van der Waals surface area contributed by atoms with Gasteiger partial charge in [0.2, 0.25) is 5.75 Å². The van der Waals surface area contributed by atoms with Gasteiger partial charge in [-0.1, -0.05) is 0 Å². The van der Waals surface area contributed by atoms with E-state index in [1.165, 1.54) is 40.6 Å². The summed E-state index contributed by atoms with van der Waals surface area (Å²) in [5.74, 6) is 0.636. The smallest absolute Gasteiger partial charge is 0.338 e. The molecular formula is C19H20O7. The third kappa shape index (κ3) is 4.24. The van der Waals surface area contributed by atoms with Crippen LogP contribution in [0.25, 0.3) is 0 Å². The topological polar surface area (TPSA) is 80.3 Å². The molecule has 7 heteroatoms. The van der Waals surface area contributed by atoms with Crippen LogP contribution in [0.4, 0.5) is 0 Å². The lowest BCUT2D eigenvalue weighted by Gasteiger charge is -2.13. The van der Waals surface area contributed by atoms with Gasteiger partial charge >= 0.3 is 5.97 Å². The van der Waals surface area contributed by atoms with E-state index < -0.39 is 5.97 Å². The first kappa shape index (κ1) is 19.1. The van der Waals surface area contributed by atoms with Gasteiger partial charge in [0, 0.05) is 5.56 Å². The minimum absolute atomic E-state index is 0.182. The van der Waals surface area contributed by atoms with Gasteiger partial charge in [-0.25, -0.2) is 4.79 Å². The van der Waals surface area contributed by atoms with Crippen LogP contribution in [0.5, 0.6) is 23.0 Å². The van der Waals surface area contributed by atoms with Crippen molar-refractivity contribution in [3.05, 3.63) is 47.5 Å². The fourth-order valence-corrected chi connectivity index (χ4v) is 2.27. The van der Waals surface area contributed by atoms with Gasteiger partial charge in [-0.15, -0.1) is 0 Å². The van der Waals surface area contributed by atoms with E-state index >= 15 is 0 Å². The van der Waals surface area contributed by atoms with Crippen molar-refractivity contribution in [3.8, 4) is 23.0 Å². The van der Waals surface area contributed by atoms with Crippen LogP contribution in [0.1, 0.15) is 20.7 Å². The predicted octanol–water partition coefficient (Wildman–Crippen LogP) is 2.76. The first-order valence-electron chi connectivity index (χ1n) is 7.68. The van der Waals surface area contributed by atoms with Gasteiger partial charge in [0.05, 0.1) is 34.0 Å². The molecular weight excluding hydrogens is 340 g/mol. The molecule has 0 amide bonds. The number of esters is 1. The average molecular weight is 360 g/mol. The number of hydrogen-bond acceptors (Lipinski definition) is 7. The van der Waals surface area contributed by atoms with Gasteiger partial charge in [0.15, 0.2) is 23.9 Å². The molecule has 2 aromatic carbocycles. The SMILES string of the molecule is COc1ccc(C(=O)COC(=O)c2cc(OC)c(OC)c(OC)c2)cc1. The summed E-state index contributed by atoms with van der Waals surface area (Å²) in [6, 6.07) is 9.45. The number of ether oxygens (including phenoxy) is 5. The summed E-state index contributed by atoms with van der Waals surface area (Å²) in [5, 5.41) is 0. The molecule has 0 aliphatic carbocycles. The number of methoxy groups -OCH3 is 4. The van der Waals surface area contributed by atoms with Crippen LogP contribution >= 0.6 is 0 Å². The van der Waals surface area contributed by atoms with Crippen molar-refractivity contribution in [1.29, 1.82) is 0 Å². The van der Waals surface area contributed by atoms with Crippen molar-refractivity contribution < 1.29 is 33.3 Å². The second-order valence-electron chi connectivity index (χ2n) is 5.14. The van der Waals surface area contributed by atoms with Gasteiger partial charge in [0.1, 0.15) is 5.75 Å². The molecule has 0 radical (unpaired) electrons. The Hall–Kier alpha value is -3.22. The molecule has 0 saturated carbocycles. The molecule has 7 nitrogen and oxygen atoms in total. The predicted molar refractivity (Wildman–Crippen MR) is 93.7 cm³/mol.